The van der Waals surface area contributed by atoms with E-state index in [4.69, 9.17) is 25.2 Å². The number of hydrogen-bond donors (Lipinski definition) is 8. The van der Waals surface area contributed by atoms with Crippen molar-refractivity contribution in [3.8, 4) is 28.4 Å². The van der Waals surface area contributed by atoms with E-state index in [1.807, 2.05) is 11.8 Å². The van der Waals surface area contributed by atoms with E-state index in [9.17, 15) is 29.0 Å². The number of halogens is 2. The molecule has 0 aliphatic carbocycles. The summed E-state index contributed by atoms with van der Waals surface area (Å²) in [6.07, 6.45) is -3.72. The van der Waals surface area contributed by atoms with Gasteiger partial charge in [-0.05, 0) is 47.4 Å². The Hall–Kier alpha value is -5.01. The molecule has 1 saturated heterocycles. The number of fused-ring (bicyclic) bond motifs is 2. The minimum atomic E-state index is -2.27. The van der Waals surface area contributed by atoms with Crippen molar-refractivity contribution < 1.29 is 58.5 Å². The first-order chi connectivity index (χ1) is 23.8. The van der Waals surface area contributed by atoms with Crippen LogP contribution in [-0.4, -0.2) is 136 Å². The van der Waals surface area contributed by atoms with Gasteiger partial charge >= 0.3 is 11.9 Å². The number of phenols is 1. The molecule has 3 unspecified atom stereocenters. The van der Waals surface area contributed by atoms with E-state index in [1.165, 1.54) is 18.2 Å². The Morgan fingerprint density at radius 3 is 2.44 bits per heavy atom. The van der Waals surface area contributed by atoms with Gasteiger partial charge in [0.15, 0.2) is 29.6 Å². The number of hydrogen-bond acceptors (Lipinski definition) is 11. The summed E-state index contributed by atoms with van der Waals surface area (Å²) in [4.78, 5) is 44.2. The number of aromatic amines is 2. The molecule has 0 bridgehead atoms. The van der Waals surface area contributed by atoms with Crippen molar-refractivity contribution >= 4 is 28.7 Å². The summed E-state index contributed by atoms with van der Waals surface area (Å²) in [5, 5.41) is 59.1. The van der Waals surface area contributed by atoms with Crippen LogP contribution in [-0.2, 0) is 38.5 Å². The molecule has 4 aromatic rings. The van der Waals surface area contributed by atoms with Crippen LogP contribution in [0, 0.1) is 11.6 Å². The lowest BCUT2D eigenvalue weighted by atomic mass is 9.96. The number of phenolic OH excluding ortho intramolecular Hbond substituents is 1. The van der Waals surface area contributed by atoms with Crippen LogP contribution in [0.4, 0.5) is 8.78 Å². The Kier molecular flexibility index (Phi) is 11.1. The lowest BCUT2D eigenvalue weighted by molar-refractivity contribution is -0.165. The Balaban J connectivity index is 0.000000425. The number of aliphatic hydroxyl groups excluding tert-OH is 3. The lowest BCUT2D eigenvalue weighted by Crippen LogP contribution is -2.49. The quantitative estimate of drug-likeness (QED) is 0.119. The molecule has 18 heteroatoms. The van der Waals surface area contributed by atoms with E-state index >= 15 is 4.39 Å². The molecule has 1 amide bonds. The second-order valence-corrected chi connectivity index (χ2v) is 11.8. The summed E-state index contributed by atoms with van der Waals surface area (Å²) in [6.45, 7) is 4.55. The van der Waals surface area contributed by atoms with Crippen LogP contribution in [0.25, 0.3) is 33.5 Å². The number of carboxylic acid groups (broad SMARTS) is 2. The van der Waals surface area contributed by atoms with Crippen LogP contribution < -0.4 is 0 Å². The number of carbonyl (C=O) groups excluding carboxylic acids is 1. The molecule has 268 valence electrons. The highest BCUT2D eigenvalue weighted by atomic mass is 19.1. The molecule has 2 aliphatic heterocycles. The number of nitrogens with one attached hydrogen (secondary N) is 2. The Morgan fingerprint density at radius 1 is 1.06 bits per heavy atom. The maximum atomic E-state index is 15.5. The zero-order valence-corrected chi connectivity index (χ0v) is 26.8. The molecule has 2 aromatic carbocycles. The first-order valence-corrected chi connectivity index (χ1v) is 15.6. The third-order valence-corrected chi connectivity index (χ3v) is 8.48. The number of aliphatic hydroxyl groups is 3. The van der Waals surface area contributed by atoms with Crippen LogP contribution >= 0.6 is 0 Å². The number of H-pyrrole nitrogens is 2. The highest BCUT2D eigenvalue weighted by Gasteiger charge is 2.30. The van der Waals surface area contributed by atoms with Crippen molar-refractivity contribution in [3.63, 3.8) is 0 Å². The number of benzene rings is 2. The molecule has 0 spiro atoms. The topological polar surface area (TPSA) is 246 Å². The molecule has 0 saturated carbocycles. The van der Waals surface area contributed by atoms with E-state index in [0.717, 1.165) is 11.4 Å². The van der Waals surface area contributed by atoms with Gasteiger partial charge in [-0.3, -0.25) is 14.8 Å². The molecule has 4 heterocycles. The second-order valence-electron chi connectivity index (χ2n) is 11.8. The molecule has 6 rings (SSSR count). The fraction of sp³-hybridized carbons (Fsp3) is 0.406. The van der Waals surface area contributed by atoms with Crippen molar-refractivity contribution in [1.82, 2.24) is 30.0 Å². The number of aliphatic carboxylic acids is 2. The molecule has 1 fully saturated rings. The van der Waals surface area contributed by atoms with E-state index in [1.54, 1.807) is 11.0 Å². The standard InChI is InChI=1S/C28H30F2N6O4.C4H6O6/c1-2-15-9-24(38)19(29)10-18(15)16-7-20(30)26-22(8-16)33-34-27(26)28-31-21-3-4-36(12-23(21)32-28)25(39)13-35-5-6-40-17(11-35)14-37;5-1(3(7)8)2(6)4(9)10/h7-10,17,37-38H,2-6,11-14H2,1H3,(H,31,32)(H,33,34);1-2,5-6H,(H,7,8)(H,9,10). The summed E-state index contributed by atoms with van der Waals surface area (Å²) < 4.78 is 35.1. The number of nitrogens with zero attached hydrogens (tertiary/aromatic N) is 4. The lowest BCUT2D eigenvalue weighted by Gasteiger charge is -2.34. The average molecular weight is 703 g/mol. The SMILES string of the molecule is CCc1cc(O)c(F)cc1-c1cc(F)c2c(-c3nc4c([nH]3)CN(C(=O)CN3CCOC(CO)C3)CC4)n[nH]c2c1.O=C(O)C(O)C(O)C(=O)O. The summed E-state index contributed by atoms with van der Waals surface area (Å²) in [6, 6.07) is 5.61. The second kappa shape index (κ2) is 15.3. The molecular weight excluding hydrogens is 666 g/mol. The van der Waals surface area contributed by atoms with Crippen molar-refractivity contribution in [2.75, 3.05) is 39.4 Å². The zero-order valence-electron chi connectivity index (χ0n) is 26.8. The normalized spacial score (nSPS) is 17.5. The number of aromatic nitrogens is 4. The molecule has 3 atom stereocenters. The first kappa shape index (κ1) is 36.3. The van der Waals surface area contributed by atoms with E-state index in [2.05, 4.69) is 20.2 Å². The Bertz CT molecular complexity index is 1880. The van der Waals surface area contributed by atoms with Gasteiger partial charge in [-0.1, -0.05) is 6.92 Å². The molecular formula is C32H36F2N6O10. The molecule has 50 heavy (non-hydrogen) atoms. The van der Waals surface area contributed by atoms with Crippen LogP contribution in [0.2, 0.25) is 0 Å². The van der Waals surface area contributed by atoms with Gasteiger partial charge in [-0.2, -0.15) is 5.10 Å². The molecule has 16 nitrogen and oxygen atoms in total. The number of ether oxygens (including phenoxy) is 1. The maximum absolute atomic E-state index is 15.5. The van der Waals surface area contributed by atoms with Crippen LogP contribution in [0.15, 0.2) is 24.3 Å². The molecule has 2 aliphatic rings. The number of aryl methyl sites for hydroxylation is 1. The Labute approximate surface area is 282 Å². The van der Waals surface area contributed by atoms with Crippen molar-refractivity contribution in [2.45, 2.75) is 44.6 Å². The van der Waals surface area contributed by atoms with Gasteiger partial charge in [0.05, 0.1) is 54.7 Å². The van der Waals surface area contributed by atoms with Gasteiger partial charge in [-0.15, -0.1) is 0 Å². The van der Waals surface area contributed by atoms with E-state index in [0.29, 0.717) is 79.4 Å². The van der Waals surface area contributed by atoms with E-state index in [-0.39, 0.29) is 30.5 Å². The minimum Gasteiger partial charge on any atom is -0.505 e. The third kappa shape index (κ3) is 7.74. The zero-order chi connectivity index (χ0) is 36.3. The highest BCUT2D eigenvalue weighted by Crippen LogP contribution is 2.35. The maximum Gasteiger partial charge on any atom is 0.335 e. The fourth-order valence-corrected chi connectivity index (χ4v) is 5.82. The predicted molar refractivity (Wildman–Crippen MR) is 170 cm³/mol. The van der Waals surface area contributed by atoms with Gasteiger partial charge in [0, 0.05) is 26.1 Å². The fourth-order valence-electron chi connectivity index (χ4n) is 5.82. The highest BCUT2D eigenvalue weighted by molar-refractivity contribution is 5.95. The summed E-state index contributed by atoms with van der Waals surface area (Å²) in [5.74, 6) is -4.90. The van der Waals surface area contributed by atoms with Crippen molar-refractivity contribution in [2.24, 2.45) is 0 Å². The Morgan fingerprint density at radius 2 is 1.78 bits per heavy atom. The van der Waals surface area contributed by atoms with Gasteiger partial charge in [0.25, 0.3) is 0 Å². The van der Waals surface area contributed by atoms with Gasteiger partial charge < -0.3 is 45.3 Å². The van der Waals surface area contributed by atoms with Crippen LogP contribution in [0.1, 0.15) is 23.9 Å². The predicted octanol–water partition coefficient (Wildman–Crippen LogP) is 0.621. The van der Waals surface area contributed by atoms with Gasteiger partial charge in [-0.25, -0.2) is 23.4 Å². The number of imidazole rings is 1. The number of morpholine rings is 1. The number of rotatable bonds is 9. The van der Waals surface area contributed by atoms with Gasteiger partial charge in [0.2, 0.25) is 5.91 Å². The largest absolute Gasteiger partial charge is 0.505 e. The smallest absolute Gasteiger partial charge is 0.335 e. The molecule has 2 aromatic heterocycles. The number of carbonyl (C=O) groups is 3. The number of amides is 1. The van der Waals surface area contributed by atoms with Gasteiger partial charge in [0.1, 0.15) is 11.5 Å². The summed E-state index contributed by atoms with van der Waals surface area (Å²) >= 11 is 0. The first-order valence-electron chi connectivity index (χ1n) is 15.6. The minimum absolute atomic E-state index is 0.0127. The van der Waals surface area contributed by atoms with Crippen LogP contribution in [0.3, 0.4) is 0 Å². The third-order valence-electron chi connectivity index (χ3n) is 8.48. The summed E-state index contributed by atoms with van der Waals surface area (Å²) in [7, 11) is 0. The monoisotopic (exact) mass is 702 g/mol. The van der Waals surface area contributed by atoms with Crippen LogP contribution in [0.5, 0.6) is 5.75 Å². The van der Waals surface area contributed by atoms with Crippen molar-refractivity contribution in [3.05, 3.63) is 52.9 Å². The van der Waals surface area contributed by atoms with E-state index < -0.39 is 41.5 Å². The molecule has 0 radical (unpaired) electrons. The number of aromatic hydroxyl groups is 1. The summed E-state index contributed by atoms with van der Waals surface area (Å²) in [5.41, 5.74) is 4.00. The van der Waals surface area contributed by atoms with Crippen molar-refractivity contribution in [1.29, 1.82) is 0 Å². The average Bonchev–Trinajstić information content (AvgIpc) is 3.73. The molecule has 8 N–H and O–H groups in total. The number of carboxylic acids is 2.